The highest BCUT2D eigenvalue weighted by Gasteiger charge is 2.14. The smallest absolute Gasteiger partial charge is 0.194 e. The normalized spacial score (nSPS) is 14.1. The molecule has 0 fully saturated rings. The minimum Gasteiger partial charge on any atom is -0.352 e. The summed E-state index contributed by atoms with van der Waals surface area (Å²) in [6.07, 6.45) is 0. The number of rotatable bonds is 3. The van der Waals surface area contributed by atoms with Gasteiger partial charge in [-0.05, 0) is 23.3 Å². The minimum absolute atomic E-state index is 0. The van der Waals surface area contributed by atoms with Crippen molar-refractivity contribution in [2.75, 3.05) is 19.6 Å². The van der Waals surface area contributed by atoms with E-state index in [-0.39, 0.29) is 17.0 Å². The standard InChI is InChI=1S/C16H19N3.BrH/c1-2-19-11-10-17-16(19)18-12-14-8-5-7-13-6-3-4-9-15(13)14;/h3-9H,2,10-12H2,1H3,(H,17,18);1H. The zero-order valence-corrected chi connectivity index (χ0v) is 13.4. The van der Waals surface area contributed by atoms with E-state index in [1.807, 2.05) is 0 Å². The van der Waals surface area contributed by atoms with Gasteiger partial charge in [0.1, 0.15) is 0 Å². The molecule has 0 radical (unpaired) electrons. The summed E-state index contributed by atoms with van der Waals surface area (Å²) in [6, 6.07) is 15.0. The summed E-state index contributed by atoms with van der Waals surface area (Å²) in [6.45, 7) is 5.96. The van der Waals surface area contributed by atoms with E-state index in [0.717, 1.165) is 32.1 Å². The molecule has 0 spiro atoms. The van der Waals surface area contributed by atoms with Gasteiger partial charge in [0.25, 0.3) is 0 Å². The zero-order valence-electron chi connectivity index (χ0n) is 11.7. The molecule has 0 aromatic heterocycles. The predicted molar refractivity (Wildman–Crippen MR) is 90.7 cm³/mol. The molecule has 20 heavy (non-hydrogen) atoms. The Balaban J connectivity index is 0.00000147. The lowest BCUT2D eigenvalue weighted by molar-refractivity contribution is 0.466. The number of guanidine groups is 1. The Morgan fingerprint density at radius 3 is 2.80 bits per heavy atom. The van der Waals surface area contributed by atoms with Gasteiger partial charge in [-0.3, -0.25) is 4.99 Å². The van der Waals surface area contributed by atoms with Crippen LogP contribution in [0.4, 0.5) is 0 Å². The molecule has 0 atom stereocenters. The molecule has 1 N–H and O–H groups in total. The van der Waals surface area contributed by atoms with E-state index in [1.54, 1.807) is 0 Å². The molecule has 1 aliphatic rings. The highest BCUT2D eigenvalue weighted by molar-refractivity contribution is 8.93. The summed E-state index contributed by atoms with van der Waals surface area (Å²) in [4.78, 5) is 6.80. The van der Waals surface area contributed by atoms with Crippen molar-refractivity contribution in [2.24, 2.45) is 4.99 Å². The molecule has 0 unspecified atom stereocenters. The number of nitrogens with zero attached hydrogens (tertiary/aromatic N) is 2. The molecular weight excluding hydrogens is 314 g/mol. The molecule has 4 heteroatoms. The van der Waals surface area contributed by atoms with Crippen molar-refractivity contribution in [1.29, 1.82) is 0 Å². The number of benzene rings is 2. The summed E-state index contributed by atoms with van der Waals surface area (Å²) < 4.78 is 0. The first-order chi connectivity index (χ1) is 9.38. The van der Waals surface area contributed by atoms with Crippen LogP contribution in [0, 0.1) is 0 Å². The Kier molecular flexibility index (Phi) is 5.01. The molecule has 2 aromatic rings. The fraction of sp³-hybridized carbons (Fsp3) is 0.312. The van der Waals surface area contributed by atoms with Crippen LogP contribution in [0.25, 0.3) is 10.8 Å². The van der Waals surface area contributed by atoms with Gasteiger partial charge in [0.05, 0.1) is 6.54 Å². The molecule has 1 heterocycles. The fourth-order valence-electron chi connectivity index (χ4n) is 2.58. The molecule has 3 nitrogen and oxygen atoms in total. The van der Waals surface area contributed by atoms with Gasteiger partial charge < -0.3 is 10.2 Å². The van der Waals surface area contributed by atoms with Crippen molar-refractivity contribution in [3.63, 3.8) is 0 Å². The van der Waals surface area contributed by atoms with E-state index < -0.39 is 0 Å². The molecule has 0 bridgehead atoms. The van der Waals surface area contributed by atoms with Crippen LogP contribution >= 0.6 is 17.0 Å². The molecular formula is C16H20BrN3. The van der Waals surface area contributed by atoms with Gasteiger partial charge in [-0.2, -0.15) is 0 Å². The van der Waals surface area contributed by atoms with Gasteiger partial charge in [-0.1, -0.05) is 42.5 Å². The molecule has 2 aromatic carbocycles. The second-order valence-corrected chi connectivity index (χ2v) is 4.78. The van der Waals surface area contributed by atoms with Gasteiger partial charge in [0, 0.05) is 19.6 Å². The number of aliphatic imine (C=N–C) groups is 1. The molecule has 106 valence electrons. The summed E-state index contributed by atoms with van der Waals surface area (Å²) in [7, 11) is 0. The van der Waals surface area contributed by atoms with E-state index >= 15 is 0 Å². The topological polar surface area (TPSA) is 27.6 Å². The van der Waals surface area contributed by atoms with E-state index in [1.165, 1.54) is 16.3 Å². The van der Waals surface area contributed by atoms with Crippen molar-refractivity contribution in [3.05, 3.63) is 48.0 Å². The van der Waals surface area contributed by atoms with Crippen LogP contribution in [0.15, 0.2) is 47.5 Å². The van der Waals surface area contributed by atoms with Gasteiger partial charge in [-0.15, -0.1) is 17.0 Å². The SMILES string of the molecule is Br.CCN1CCN=C1NCc1cccc2ccccc12. The van der Waals surface area contributed by atoms with E-state index in [9.17, 15) is 0 Å². The largest absolute Gasteiger partial charge is 0.352 e. The lowest BCUT2D eigenvalue weighted by atomic mass is 10.0. The number of halogens is 1. The average Bonchev–Trinajstić information content (AvgIpc) is 2.92. The van der Waals surface area contributed by atoms with Crippen molar-refractivity contribution < 1.29 is 0 Å². The van der Waals surface area contributed by atoms with Crippen molar-refractivity contribution in [1.82, 2.24) is 10.2 Å². The number of likely N-dealkylation sites (N-methyl/N-ethyl adjacent to an activating group) is 1. The molecule has 1 aliphatic heterocycles. The second kappa shape index (κ2) is 6.75. The van der Waals surface area contributed by atoms with Crippen LogP contribution in [-0.2, 0) is 6.54 Å². The van der Waals surface area contributed by atoms with E-state index in [4.69, 9.17) is 0 Å². The molecule has 3 rings (SSSR count). The first-order valence-electron chi connectivity index (χ1n) is 6.88. The van der Waals surface area contributed by atoms with E-state index in [2.05, 4.69) is 64.6 Å². The third-order valence-corrected chi connectivity index (χ3v) is 3.63. The number of hydrogen-bond donors (Lipinski definition) is 1. The maximum Gasteiger partial charge on any atom is 0.194 e. The minimum atomic E-state index is 0. The summed E-state index contributed by atoms with van der Waals surface area (Å²) in [5, 5.41) is 6.08. The van der Waals surface area contributed by atoms with Crippen molar-refractivity contribution in [2.45, 2.75) is 13.5 Å². The van der Waals surface area contributed by atoms with Gasteiger partial charge in [-0.25, -0.2) is 0 Å². The Morgan fingerprint density at radius 2 is 1.95 bits per heavy atom. The first kappa shape index (κ1) is 14.9. The lowest BCUT2D eigenvalue weighted by Crippen LogP contribution is -2.37. The van der Waals surface area contributed by atoms with Gasteiger partial charge in [0.2, 0.25) is 0 Å². The van der Waals surface area contributed by atoms with Gasteiger partial charge in [0.15, 0.2) is 5.96 Å². The molecule has 0 aliphatic carbocycles. The monoisotopic (exact) mass is 333 g/mol. The quantitative estimate of drug-likeness (QED) is 0.933. The average molecular weight is 334 g/mol. The van der Waals surface area contributed by atoms with Crippen LogP contribution in [0.1, 0.15) is 12.5 Å². The Morgan fingerprint density at radius 1 is 1.15 bits per heavy atom. The van der Waals surface area contributed by atoms with Gasteiger partial charge >= 0.3 is 0 Å². The highest BCUT2D eigenvalue weighted by Crippen LogP contribution is 2.18. The third-order valence-electron chi connectivity index (χ3n) is 3.63. The van der Waals surface area contributed by atoms with Crippen molar-refractivity contribution in [3.8, 4) is 0 Å². The first-order valence-corrected chi connectivity index (χ1v) is 6.88. The van der Waals surface area contributed by atoms with Crippen LogP contribution in [-0.4, -0.2) is 30.5 Å². The maximum absolute atomic E-state index is 4.51. The molecule has 0 saturated heterocycles. The summed E-state index contributed by atoms with van der Waals surface area (Å²) >= 11 is 0. The number of fused-ring (bicyclic) bond motifs is 1. The number of hydrogen-bond acceptors (Lipinski definition) is 3. The Bertz CT molecular complexity index is 604. The van der Waals surface area contributed by atoms with Crippen LogP contribution < -0.4 is 5.32 Å². The van der Waals surface area contributed by atoms with E-state index in [0.29, 0.717) is 0 Å². The summed E-state index contributed by atoms with van der Waals surface area (Å²) in [5.41, 5.74) is 1.32. The highest BCUT2D eigenvalue weighted by atomic mass is 79.9. The molecule has 0 saturated carbocycles. The van der Waals surface area contributed by atoms with Crippen LogP contribution in [0.3, 0.4) is 0 Å². The summed E-state index contributed by atoms with van der Waals surface area (Å²) in [5.74, 6) is 1.04. The van der Waals surface area contributed by atoms with Crippen LogP contribution in [0.2, 0.25) is 0 Å². The Hall–Kier alpha value is -1.55. The maximum atomic E-state index is 4.51. The third kappa shape index (κ3) is 2.96. The lowest BCUT2D eigenvalue weighted by Gasteiger charge is -2.19. The zero-order chi connectivity index (χ0) is 13.1. The predicted octanol–water partition coefficient (Wildman–Crippen LogP) is 3.20. The Labute approximate surface area is 130 Å². The fourth-order valence-corrected chi connectivity index (χ4v) is 2.58. The van der Waals surface area contributed by atoms with Crippen LogP contribution in [0.5, 0.6) is 0 Å². The second-order valence-electron chi connectivity index (χ2n) is 4.78. The number of nitrogens with one attached hydrogen (secondary N) is 1. The molecule has 0 amide bonds. The van der Waals surface area contributed by atoms with Crippen molar-refractivity contribution >= 4 is 33.7 Å².